The third kappa shape index (κ3) is 2.11. The van der Waals surface area contributed by atoms with Crippen molar-refractivity contribution in [1.29, 1.82) is 0 Å². The first-order chi connectivity index (χ1) is 11.0. The summed E-state index contributed by atoms with van der Waals surface area (Å²) in [6.07, 6.45) is 0. The van der Waals surface area contributed by atoms with Gasteiger partial charge in [-0.1, -0.05) is 12.1 Å². The van der Waals surface area contributed by atoms with Crippen molar-refractivity contribution in [3.8, 4) is 11.1 Å². The molecule has 1 aromatic heterocycles. The Labute approximate surface area is 131 Å². The second-order valence-electron chi connectivity index (χ2n) is 5.86. The summed E-state index contributed by atoms with van der Waals surface area (Å²) in [5.74, 6) is -0.964. The number of carbonyl (C=O) groups is 1. The first-order valence-electron chi connectivity index (χ1n) is 7.43. The van der Waals surface area contributed by atoms with Crippen LogP contribution in [0.15, 0.2) is 42.5 Å². The molecule has 5 heteroatoms. The van der Waals surface area contributed by atoms with E-state index < -0.39 is 5.82 Å². The molecule has 3 nitrogen and oxygen atoms in total. The van der Waals surface area contributed by atoms with Gasteiger partial charge in [-0.3, -0.25) is 4.79 Å². The highest BCUT2D eigenvalue weighted by Crippen LogP contribution is 2.35. The van der Waals surface area contributed by atoms with Crippen molar-refractivity contribution < 1.29 is 13.6 Å². The van der Waals surface area contributed by atoms with Gasteiger partial charge in [-0.2, -0.15) is 0 Å². The lowest BCUT2D eigenvalue weighted by Gasteiger charge is -2.25. The molecule has 1 atom stereocenters. The van der Waals surface area contributed by atoms with E-state index in [1.165, 1.54) is 24.3 Å². The fourth-order valence-electron chi connectivity index (χ4n) is 3.27. The van der Waals surface area contributed by atoms with Gasteiger partial charge in [0.1, 0.15) is 17.3 Å². The van der Waals surface area contributed by atoms with Gasteiger partial charge in [0.2, 0.25) is 0 Å². The molecule has 1 aliphatic heterocycles. The molecule has 1 aliphatic rings. The average Bonchev–Trinajstić information content (AvgIpc) is 2.90. The Kier molecular flexibility index (Phi) is 2.98. The van der Waals surface area contributed by atoms with E-state index in [1.54, 1.807) is 18.2 Å². The summed E-state index contributed by atoms with van der Waals surface area (Å²) in [6, 6.07) is 10.6. The first kappa shape index (κ1) is 13.9. The number of benzene rings is 2. The van der Waals surface area contributed by atoms with Gasteiger partial charge in [-0.05, 0) is 42.8 Å². The average molecular weight is 312 g/mol. The largest absolute Gasteiger partial charge is 0.349 e. The molecular weight excluding hydrogens is 298 g/mol. The topological polar surface area (TPSA) is 34.0 Å². The minimum Gasteiger partial charge on any atom is -0.349 e. The van der Waals surface area contributed by atoms with Crippen LogP contribution < -0.4 is 5.32 Å². The molecule has 116 valence electrons. The third-order valence-corrected chi connectivity index (χ3v) is 4.26. The van der Waals surface area contributed by atoms with Crippen molar-refractivity contribution in [3.63, 3.8) is 0 Å². The second kappa shape index (κ2) is 4.91. The fraction of sp³-hybridized carbons (Fsp3) is 0.167. The standard InChI is InChI=1S/C18H14F2N2O/c1-10-9-21-18(23)16-7-12-6-14(20)8-15(17(12)22(10)16)11-3-2-4-13(19)5-11/h2-8,10H,9H2,1H3,(H,21,23). The number of nitrogens with zero attached hydrogens (tertiary/aromatic N) is 1. The highest BCUT2D eigenvalue weighted by Gasteiger charge is 2.26. The van der Waals surface area contributed by atoms with Gasteiger partial charge in [0, 0.05) is 23.5 Å². The molecule has 3 aromatic rings. The van der Waals surface area contributed by atoms with E-state index in [9.17, 15) is 13.6 Å². The second-order valence-corrected chi connectivity index (χ2v) is 5.86. The van der Waals surface area contributed by atoms with Crippen LogP contribution in [-0.4, -0.2) is 17.0 Å². The maximum absolute atomic E-state index is 14.0. The summed E-state index contributed by atoms with van der Waals surface area (Å²) in [7, 11) is 0. The maximum Gasteiger partial charge on any atom is 0.268 e. The van der Waals surface area contributed by atoms with Crippen molar-refractivity contribution in [2.24, 2.45) is 0 Å². The molecule has 0 saturated carbocycles. The Hall–Kier alpha value is -2.69. The predicted octanol–water partition coefficient (Wildman–Crippen LogP) is 3.89. The molecule has 0 bridgehead atoms. The van der Waals surface area contributed by atoms with E-state index in [4.69, 9.17) is 0 Å². The Morgan fingerprint density at radius 2 is 1.96 bits per heavy atom. The predicted molar refractivity (Wildman–Crippen MR) is 84.3 cm³/mol. The van der Waals surface area contributed by atoms with Gasteiger partial charge < -0.3 is 9.88 Å². The summed E-state index contributed by atoms with van der Waals surface area (Å²) in [4.78, 5) is 12.1. The van der Waals surface area contributed by atoms with Crippen molar-refractivity contribution in [2.45, 2.75) is 13.0 Å². The smallest absolute Gasteiger partial charge is 0.268 e. The first-order valence-corrected chi connectivity index (χ1v) is 7.43. The van der Waals surface area contributed by atoms with Crippen molar-refractivity contribution >= 4 is 16.8 Å². The van der Waals surface area contributed by atoms with Crippen LogP contribution in [-0.2, 0) is 0 Å². The minimum absolute atomic E-state index is 0.0398. The van der Waals surface area contributed by atoms with Crippen molar-refractivity contribution in [1.82, 2.24) is 9.88 Å². The molecule has 2 aromatic carbocycles. The van der Waals surface area contributed by atoms with Crippen LogP contribution in [0.2, 0.25) is 0 Å². The minimum atomic E-state index is -0.409. The van der Waals surface area contributed by atoms with Gasteiger partial charge >= 0.3 is 0 Å². The molecule has 0 fully saturated rings. The zero-order valence-electron chi connectivity index (χ0n) is 12.4. The number of amides is 1. The van der Waals surface area contributed by atoms with Gasteiger partial charge in [0.15, 0.2) is 0 Å². The Bertz CT molecular complexity index is 946. The molecule has 23 heavy (non-hydrogen) atoms. The number of aromatic nitrogens is 1. The Morgan fingerprint density at radius 3 is 2.74 bits per heavy atom. The van der Waals surface area contributed by atoms with Crippen LogP contribution in [0.4, 0.5) is 8.78 Å². The summed E-state index contributed by atoms with van der Waals surface area (Å²) in [5.41, 5.74) is 2.44. The van der Waals surface area contributed by atoms with Crippen LogP contribution in [0.1, 0.15) is 23.5 Å². The molecule has 4 rings (SSSR count). The number of nitrogens with one attached hydrogen (secondary N) is 1. The lowest BCUT2D eigenvalue weighted by atomic mass is 10.0. The van der Waals surface area contributed by atoms with Crippen LogP contribution in [0.5, 0.6) is 0 Å². The number of hydrogen-bond donors (Lipinski definition) is 1. The number of halogens is 2. The van der Waals surface area contributed by atoms with Crippen LogP contribution in [0.25, 0.3) is 22.0 Å². The SMILES string of the molecule is CC1CNC(=O)c2cc3cc(F)cc(-c4cccc(F)c4)c3n21. The molecule has 0 radical (unpaired) electrons. The summed E-state index contributed by atoms with van der Waals surface area (Å²) in [6.45, 7) is 2.50. The highest BCUT2D eigenvalue weighted by atomic mass is 19.1. The van der Waals surface area contributed by atoms with Crippen LogP contribution >= 0.6 is 0 Å². The molecule has 2 heterocycles. The molecular formula is C18H14F2N2O. The molecule has 0 saturated heterocycles. The third-order valence-electron chi connectivity index (χ3n) is 4.26. The van der Waals surface area contributed by atoms with E-state index >= 15 is 0 Å². The Morgan fingerprint density at radius 1 is 1.13 bits per heavy atom. The normalized spacial score (nSPS) is 17.2. The quantitative estimate of drug-likeness (QED) is 0.727. The maximum atomic E-state index is 14.0. The zero-order valence-corrected chi connectivity index (χ0v) is 12.4. The van der Waals surface area contributed by atoms with Gasteiger partial charge in [0.25, 0.3) is 5.91 Å². The van der Waals surface area contributed by atoms with E-state index in [2.05, 4.69) is 5.32 Å². The van der Waals surface area contributed by atoms with E-state index in [-0.39, 0.29) is 17.8 Å². The monoisotopic (exact) mass is 312 g/mol. The van der Waals surface area contributed by atoms with Gasteiger partial charge in [0.05, 0.1) is 5.52 Å². The molecule has 1 amide bonds. The highest BCUT2D eigenvalue weighted by molar-refractivity contribution is 6.03. The van der Waals surface area contributed by atoms with Crippen LogP contribution in [0, 0.1) is 11.6 Å². The molecule has 0 aliphatic carbocycles. The number of fused-ring (bicyclic) bond motifs is 3. The van der Waals surface area contributed by atoms with E-state index in [1.807, 2.05) is 11.5 Å². The summed E-state index contributed by atoms with van der Waals surface area (Å²) in [5, 5.41) is 3.46. The number of hydrogen-bond acceptors (Lipinski definition) is 1. The summed E-state index contributed by atoms with van der Waals surface area (Å²) >= 11 is 0. The number of carbonyl (C=O) groups excluding carboxylic acids is 1. The molecule has 1 unspecified atom stereocenters. The lowest BCUT2D eigenvalue weighted by Crippen LogP contribution is -2.37. The van der Waals surface area contributed by atoms with Crippen molar-refractivity contribution in [3.05, 3.63) is 59.8 Å². The lowest BCUT2D eigenvalue weighted by molar-refractivity contribution is 0.0919. The van der Waals surface area contributed by atoms with E-state index in [0.717, 1.165) is 5.52 Å². The zero-order chi connectivity index (χ0) is 16.1. The number of rotatable bonds is 1. The van der Waals surface area contributed by atoms with Crippen LogP contribution in [0.3, 0.4) is 0 Å². The van der Waals surface area contributed by atoms with Gasteiger partial charge in [-0.15, -0.1) is 0 Å². The summed E-state index contributed by atoms with van der Waals surface area (Å²) < 4.78 is 29.5. The fourth-order valence-corrected chi connectivity index (χ4v) is 3.27. The van der Waals surface area contributed by atoms with Crippen molar-refractivity contribution in [2.75, 3.05) is 6.54 Å². The van der Waals surface area contributed by atoms with Gasteiger partial charge in [-0.25, -0.2) is 8.78 Å². The molecule has 1 N–H and O–H groups in total. The molecule has 0 spiro atoms. The Balaban J connectivity index is 2.10. The van der Waals surface area contributed by atoms with E-state index in [0.29, 0.717) is 28.8 Å².